The summed E-state index contributed by atoms with van der Waals surface area (Å²) in [5.74, 6) is 0.861. The van der Waals surface area contributed by atoms with Gasteiger partial charge in [-0.15, -0.1) is 0 Å². The van der Waals surface area contributed by atoms with E-state index in [0.717, 1.165) is 27.8 Å². The van der Waals surface area contributed by atoms with E-state index in [9.17, 15) is 0 Å². The number of nitrogens with zero attached hydrogens (tertiary/aromatic N) is 2. The van der Waals surface area contributed by atoms with E-state index in [1.54, 1.807) is 7.11 Å². The molecular formula is C10H11BrN2O. The summed E-state index contributed by atoms with van der Waals surface area (Å²) in [6, 6.07) is 5.95. The average molecular weight is 255 g/mol. The first-order chi connectivity index (χ1) is 6.76. The van der Waals surface area contributed by atoms with Gasteiger partial charge in [-0.05, 0) is 35.0 Å². The minimum Gasteiger partial charge on any atom is -0.497 e. The first-order valence-electron chi connectivity index (χ1n) is 4.46. The standard InChI is InChI=1S/C10H11BrN2O/c1-3-13-9-6-7(14-2)4-5-8(9)10(11)12-13/h4-6H,3H2,1-2H3. The third-order valence-corrected chi connectivity index (χ3v) is 2.80. The van der Waals surface area contributed by atoms with Crippen molar-refractivity contribution in [1.29, 1.82) is 0 Å². The van der Waals surface area contributed by atoms with E-state index in [1.807, 2.05) is 22.9 Å². The molecule has 14 heavy (non-hydrogen) atoms. The summed E-state index contributed by atoms with van der Waals surface area (Å²) in [7, 11) is 1.67. The Labute approximate surface area is 90.8 Å². The lowest BCUT2D eigenvalue weighted by molar-refractivity contribution is 0.415. The highest BCUT2D eigenvalue weighted by atomic mass is 79.9. The van der Waals surface area contributed by atoms with Crippen molar-refractivity contribution in [2.75, 3.05) is 7.11 Å². The summed E-state index contributed by atoms with van der Waals surface area (Å²) in [6.07, 6.45) is 0. The molecule has 1 aromatic carbocycles. The van der Waals surface area contributed by atoms with Crippen LogP contribution in [0.4, 0.5) is 0 Å². The average Bonchev–Trinajstić information content (AvgIpc) is 2.55. The zero-order valence-corrected chi connectivity index (χ0v) is 9.71. The maximum Gasteiger partial charge on any atom is 0.136 e. The van der Waals surface area contributed by atoms with Gasteiger partial charge in [-0.1, -0.05) is 0 Å². The number of hydrogen-bond donors (Lipinski definition) is 0. The molecule has 2 rings (SSSR count). The van der Waals surface area contributed by atoms with E-state index in [0.29, 0.717) is 0 Å². The van der Waals surface area contributed by atoms with Gasteiger partial charge >= 0.3 is 0 Å². The fourth-order valence-corrected chi connectivity index (χ4v) is 2.01. The molecule has 0 amide bonds. The highest BCUT2D eigenvalue weighted by molar-refractivity contribution is 9.10. The number of ether oxygens (including phenoxy) is 1. The summed E-state index contributed by atoms with van der Waals surface area (Å²) in [5, 5.41) is 5.48. The zero-order valence-electron chi connectivity index (χ0n) is 8.12. The van der Waals surface area contributed by atoms with Crippen LogP contribution in [0.1, 0.15) is 6.92 Å². The van der Waals surface area contributed by atoms with Gasteiger partial charge in [0.25, 0.3) is 0 Å². The number of rotatable bonds is 2. The number of aryl methyl sites for hydroxylation is 1. The fraction of sp³-hybridized carbons (Fsp3) is 0.300. The summed E-state index contributed by atoms with van der Waals surface area (Å²) in [5.41, 5.74) is 1.10. The molecule has 0 spiro atoms. The predicted octanol–water partition coefficient (Wildman–Crippen LogP) is 2.83. The van der Waals surface area contributed by atoms with Crippen LogP contribution in [0.5, 0.6) is 5.75 Å². The van der Waals surface area contributed by atoms with E-state index < -0.39 is 0 Å². The largest absolute Gasteiger partial charge is 0.497 e. The van der Waals surface area contributed by atoms with Gasteiger partial charge in [0.15, 0.2) is 0 Å². The van der Waals surface area contributed by atoms with E-state index in [-0.39, 0.29) is 0 Å². The van der Waals surface area contributed by atoms with Gasteiger partial charge in [-0.2, -0.15) is 5.10 Å². The fourth-order valence-electron chi connectivity index (χ4n) is 1.48. The van der Waals surface area contributed by atoms with E-state index in [2.05, 4.69) is 28.0 Å². The number of hydrogen-bond acceptors (Lipinski definition) is 2. The lowest BCUT2D eigenvalue weighted by atomic mass is 10.2. The van der Waals surface area contributed by atoms with Crippen LogP contribution in [0.15, 0.2) is 22.8 Å². The number of methoxy groups -OCH3 is 1. The van der Waals surface area contributed by atoms with Gasteiger partial charge in [0.1, 0.15) is 10.4 Å². The van der Waals surface area contributed by atoms with Gasteiger partial charge < -0.3 is 4.74 Å². The Kier molecular flexibility index (Phi) is 2.46. The van der Waals surface area contributed by atoms with Crippen molar-refractivity contribution in [3.63, 3.8) is 0 Å². The van der Waals surface area contributed by atoms with E-state index >= 15 is 0 Å². The third-order valence-electron chi connectivity index (χ3n) is 2.21. The number of halogens is 1. The molecule has 0 saturated carbocycles. The Bertz CT molecular complexity index is 464. The SMILES string of the molecule is CCn1nc(Br)c2ccc(OC)cc21. The van der Waals surface area contributed by atoms with Crippen LogP contribution < -0.4 is 4.74 Å². The smallest absolute Gasteiger partial charge is 0.136 e. The summed E-state index contributed by atoms with van der Waals surface area (Å²) < 4.78 is 8.01. The van der Waals surface area contributed by atoms with Crippen molar-refractivity contribution in [2.24, 2.45) is 0 Å². The van der Waals surface area contributed by atoms with Gasteiger partial charge in [0.2, 0.25) is 0 Å². The second-order valence-electron chi connectivity index (χ2n) is 2.99. The minimum absolute atomic E-state index is 0.856. The molecule has 0 aliphatic heterocycles. The summed E-state index contributed by atoms with van der Waals surface area (Å²) in [6.45, 7) is 2.92. The van der Waals surface area contributed by atoms with Crippen LogP contribution in [0, 0.1) is 0 Å². The van der Waals surface area contributed by atoms with Crippen LogP contribution in [-0.2, 0) is 6.54 Å². The highest BCUT2D eigenvalue weighted by Gasteiger charge is 2.07. The number of aromatic nitrogens is 2. The normalized spacial score (nSPS) is 10.8. The zero-order chi connectivity index (χ0) is 10.1. The van der Waals surface area contributed by atoms with Crippen LogP contribution in [0.3, 0.4) is 0 Å². The second kappa shape index (κ2) is 3.61. The van der Waals surface area contributed by atoms with Crippen LogP contribution in [0.25, 0.3) is 10.9 Å². The highest BCUT2D eigenvalue weighted by Crippen LogP contribution is 2.26. The molecule has 0 aliphatic carbocycles. The molecule has 0 unspecified atom stereocenters. The Morgan fingerprint density at radius 2 is 2.29 bits per heavy atom. The molecule has 2 aromatic rings. The van der Waals surface area contributed by atoms with Crippen molar-refractivity contribution in [1.82, 2.24) is 9.78 Å². The number of fused-ring (bicyclic) bond motifs is 1. The molecule has 0 saturated heterocycles. The Balaban J connectivity index is 2.71. The van der Waals surface area contributed by atoms with Crippen LogP contribution >= 0.6 is 15.9 Å². The molecule has 3 nitrogen and oxygen atoms in total. The van der Waals surface area contributed by atoms with Gasteiger partial charge in [0, 0.05) is 18.0 Å². The van der Waals surface area contributed by atoms with E-state index in [4.69, 9.17) is 4.74 Å². The molecule has 1 heterocycles. The lowest BCUT2D eigenvalue weighted by Crippen LogP contribution is -1.95. The molecule has 0 N–H and O–H groups in total. The van der Waals surface area contributed by atoms with Crippen molar-refractivity contribution in [2.45, 2.75) is 13.5 Å². The summed E-state index contributed by atoms with van der Waals surface area (Å²) >= 11 is 3.43. The molecule has 74 valence electrons. The predicted molar refractivity (Wildman–Crippen MR) is 59.7 cm³/mol. The Hall–Kier alpha value is -1.03. The van der Waals surface area contributed by atoms with Crippen molar-refractivity contribution >= 4 is 26.8 Å². The topological polar surface area (TPSA) is 27.1 Å². The minimum atomic E-state index is 0.856. The van der Waals surface area contributed by atoms with Crippen molar-refractivity contribution < 1.29 is 4.74 Å². The summed E-state index contributed by atoms with van der Waals surface area (Å²) in [4.78, 5) is 0. The Morgan fingerprint density at radius 1 is 1.50 bits per heavy atom. The quantitative estimate of drug-likeness (QED) is 0.825. The molecule has 0 atom stereocenters. The first kappa shape index (κ1) is 9.52. The second-order valence-corrected chi connectivity index (χ2v) is 3.74. The van der Waals surface area contributed by atoms with Crippen molar-refractivity contribution in [3.8, 4) is 5.75 Å². The van der Waals surface area contributed by atoms with Crippen molar-refractivity contribution in [3.05, 3.63) is 22.8 Å². The molecule has 1 aromatic heterocycles. The maximum atomic E-state index is 5.17. The van der Waals surface area contributed by atoms with E-state index in [1.165, 1.54) is 0 Å². The van der Waals surface area contributed by atoms with Gasteiger partial charge in [0.05, 0.1) is 12.6 Å². The number of benzene rings is 1. The third kappa shape index (κ3) is 1.39. The van der Waals surface area contributed by atoms with Crippen LogP contribution in [-0.4, -0.2) is 16.9 Å². The molecule has 4 heteroatoms. The van der Waals surface area contributed by atoms with Gasteiger partial charge in [-0.3, -0.25) is 4.68 Å². The molecule has 0 aliphatic rings. The lowest BCUT2D eigenvalue weighted by Gasteiger charge is -2.01. The van der Waals surface area contributed by atoms with Crippen LogP contribution in [0.2, 0.25) is 0 Å². The molecule has 0 bridgehead atoms. The molecule has 0 radical (unpaired) electrons. The van der Waals surface area contributed by atoms with Gasteiger partial charge in [-0.25, -0.2) is 0 Å². The molecule has 0 fully saturated rings. The molecular weight excluding hydrogens is 244 g/mol. The first-order valence-corrected chi connectivity index (χ1v) is 5.25. The maximum absolute atomic E-state index is 5.17. The monoisotopic (exact) mass is 254 g/mol. The Morgan fingerprint density at radius 3 is 2.93 bits per heavy atom.